The molecule has 0 amide bonds. The summed E-state index contributed by atoms with van der Waals surface area (Å²) in [4.78, 5) is 22.7. The van der Waals surface area contributed by atoms with Crippen LogP contribution in [0.4, 0.5) is 24.8 Å². The molecular formula is C21H22F3N5O2. The van der Waals surface area contributed by atoms with Crippen molar-refractivity contribution in [1.29, 1.82) is 5.26 Å². The molecule has 1 spiro atoms. The van der Waals surface area contributed by atoms with Gasteiger partial charge in [-0.25, -0.2) is 14.8 Å². The molecule has 164 valence electrons. The summed E-state index contributed by atoms with van der Waals surface area (Å²) in [7, 11) is 0. The predicted octanol–water partition coefficient (Wildman–Crippen LogP) is 3.48. The van der Waals surface area contributed by atoms with Crippen molar-refractivity contribution >= 4 is 17.6 Å². The second-order valence-electron chi connectivity index (χ2n) is 7.70. The number of carboxylic acids is 1. The Bertz CT molecular complexity index is 931. The minimum absolute atomic E-state index is 0.325. The molecule has 2 aliphatic rings. The van der Waals surface area contributed by atoms with Gasteiger partial charge in [-0.05, 0) is 43.5 Å². The summed E-state index contributed by atoms with van der Waals surface area (Å²) in [6.07, 6.45) is 2.13. The largest absolute Gasteiger partial charge is 0.490 e. The molecule has 7 nitrogen and oxygen atoms in total. The normalized spacial score (nSPS) is 20.7. The van der Waals surface area contributed by atoms with Gasteiger partial charge in [-0.15, -0.1) is 0 Å². The molecular weight excluding hydrogens is 411 g/mol. The van der Waals surface area contributed by atoms with Crippen LogP contribution in [0.1, 0.15) is 24.8 Å². The van der Waals surface area contributed by atoms with Crippen molar-refractivity contribution in [2.75, 3.05) is 36.0 Å². The lowest BCUT2D eigenvalue weighted by Crippen LogP contribution is -2.45. The van der Waals surface area contributed by atoms with Crippen LogP contribution in [0, 0.1) is 16.7 Å². The Labute approximate surface area is 177 Å². The van der Waals surface area contributed by atoms with Crippen LogP contribution < -0.4 is 9.80 Å². The lowest BCUT2D eigenvalue weighted by molar-refractivity contribution is -0.192. The average molecular weight is 433 g/mol. The van der Waals surface area contributed by atoms with Crippen molar-refractivity contribution in [2.24, 2.45) is 5.41 Å². The summed E-state index contributed by atoms with van der Waals surface area (Å²) in [5, 5.41) is 16.0. The van der Waals surface area contributed by atoms with Crippen LogP contribution in [-0.2, 0) is 4.79 Å². The standard InChI is InChI=1S/C19H21N5.C2HF3O2/c20-12-16-5-6-18(22-13-16)24-11-8-19(15-24)7-3-10-23(14-19)17-4-1-2-9-21-17;3-2(4,5)1(6)7/h1-2,4-6,9,13H,3,7-8,10-11,14-15H2;(H,6,7). The van der Waals surface area contributed by atoms with E-state index in [4.69, 9.17) is 15.2 Å². The molecule has 4 rings (SSSR count). The second-order valence-corrected chi connectivity index (χ2v) is 7.70. The summed E-state index contributed by atoms with van der Waals surface area (Å²) >= 11 is 0. The van der Waals surface area contributed by atoms with Gasteiger partial charge >= 0.3 is 12.1 Å². The number of halogens is 3. The van der Waals surface area contributed by atoms with Crippen molar-refractivity contribution in [3.63, 3.8) is 0 Å². The van der Waals surface area contributed by atoms with Crippen LogP contribution in [0.3, 0.4) is 0 Å². The Kier molecular flexibility index (Phi) is 6.63. The van der Waals surface area contributed by atoms with Gasteiger partial charge in [-0.3, -0.25) is 0 Å². The summed E-state index contributed by atoms with van der Waals surface area (Å²) < 4.78 is 31.7. The molecule has 2 aliphatic heterocycles. The fourth-order valence-electron chi connectivity index (χ4n) is 4.05. The lowest BCUT2D eigenvalue weighted by Gasteiger charge is -2.41. The van der Waals surface area contributed by atoms with E-state index in [2.05, 4.69) is 38.0 Å². The van der Waals surface area contributed by atoms with Crippen LogP contribution in [0.2, 0.25) is 0 Å². The van der Waals surface area contributed by atoms with E-state index in [1.165, 1.54) is 19.3 Å². The van der Waals surface area contributed by atoms with Gasteiger partial charge in [0.15, 0.2) is 0 Å². The highest BCUT2D eigenvalue weighted by Crippen LogP contribution is 2.41. The van der Waals surface area contributed by atoms with E-state index in [1.54, 1.807) is 6.20 Å². The first-order chi connectivity index (χ1) is 14.7. The van der Waals surface area contributed by atoms with E-state index in [0.29, 0.717) is 11.0 Å². The van der Waals surface area contributed by atoms with Crippen LogP contribution >= 0.6 is 0 Å². The maximum atomic E-state index is 10.6. The Morgan fingerprint density at radius 2 is 1.74 bits per heavy atom. The number of aliphatic carboxylic acids is 1. The number of piperidine rings is 1. The molecule has 10 heteroatoms. The quantitative estimate of drug-likeness (QED) is 0.775. The van der Waals surface area contributed by atoms with Crippen molar-refractivity contribution in [3.8, 4) is 6.07 Å². The minimum Gasteiger partial charge on any atom is -0.475 e. The third-order valence-corrected chi connectivity index (χ3v) is 5.52. The number of hydrogen-bond acceptors (Lipinski definition) is 6. The zero-order valence-electron chi connectivity index (χ0n) is 16.7. The van der Waals surface area contributed by atoms with E-state index in [-0.39, 0.29) is 0 Å². The highest BCUT2D eigenvalue weighted by Gasteiger charge is 2.42. The maximum absolute atomic E-state index is 10.6. The van der Waals surface area contributed by atoms with Crippen molar-refractivity contribution < 1.29 is 23.1 Å². The van der Waals surface area contributed by atoms with Crippen molar-refractivity contribution in [3.05, 3.63) is 48.3 Å². The molecule has 4 heterocycles. The van der Waals surface area contributed by atoms with Gasteiger partial charge in [0.2, 0.25) is 0 Å². The zero-order chi connectivity index (χ0) is 22.5. The number of hydrogen-bond donors (Lipinski definition) is 1. The fraction of sp³-hybridized carbons (Fsp3) is 0.429. The molecule has 0 radical (unpaired) electrons. The van der Waals surface area contributed by atoms with Crippen LogP contribution in [0.25, 0.3) is 0 Å². The molecule has 31 heavy (non-hydrogen) atoms. The monoisotopic (exact) mass is 433 g/mol. The molecule has 2 saturated heterocycles. The number of pyridine rings is 2. The maximum Gasteiger partial charge on any atom is 0.490 e. The summed E-state index contributed by atoms with van der Waals surface area (Å²) in [6.45, 7) is 4.23. The van der Waals surface area contributed by atoms with Crippen molar-refractivity contribution in [2.45, 2.75) is 25.4 Å². The van der Waals surface area contributed by atoms with E-state index in [1.807, 2.05) is 24.4 Å². The van der Waals surface area contributed by atoms with Gasteiger partial charge in [0.05, 0.1) is 5.56 Å². The van der Waals surface area contributed by atoms with Gasteiger partial charge in [0.1, 0.15) is 17.7 Å². The first-order valence-electron chi connectivity index (χ1n) is 9.80. The third-order valence-electron chi connectivity index (χ3n) is 5.52. The zero-order valence-corrected chi connectivity index (χ0v) is 16.7. The van der Waals surface area contributed by atoms with Crippen LogP contribution in [-0.4, -0.2) is 53.4 Å². The molecule has 0 bridgehead atoms. The first kappa shape index (κ1) is 22.3. The second kappa shape index (κ2) is 9.20. The van der Waals surface area contributed by atoms with E-state index < -0.39 is 12.1 Å². The van der Waals surface area contributed by atoms with Crippen LogP contribution in [0.5, 0.6) is 0 Å². The molecule has 0 saturated carbocycles. The van der Waals surface area contributed by atoms with E-state index in [0.717, 1.165) is 37.8 Å². The number of nitrogens with zero attached hydrogens (tertiary/aromatic N) is 5. The minimum atomic E-state index is -5.08. The highest BCUT2D eigenvalue weighted by molar-refractivity contribution is 5.73. The van der Waals surface area contributed by atoms with E-state index in [9.17, 15) is 13.2 Å². The summed E-state index contributed by atoms with van der Waals surface area (Å²) in [6, 6.07) is 12.1. The number of alkyl halides is 3. The molecule has 1 unspecified atom stereocenters. The number of aromatic nitrogens is 2. The Morgan fingerprint density at radius 3 is 2.29 bits per heavy atom. The molecule has 2 aromatic heterocycles. The van der Waals surface area contributed by atoms with Gasteiger partial charge in [-0.1, -0.05) is 6.07 Å². The number of rotatable bonds is 2. The summed E-state index contributed by atoms with van der Waals surface area (Å²) in [5.74, 6) is -0.681. The number of nitriles is 1. The highest BCUT2D eigenvalue weighted by atomic mass is 19.4. The van der Waals surface area contributed by atoms with Gasteiger partial charge < -0.3 is 14.9 Å². The smallest absolute Gasteiger partial charge is 0.475 e. The number of anilines is 2. The molecule has 1 atom stereocenters. The predicted molar refractivity (Wildman–Crippen MR) is 108 cm³/mol. The SMILES string of the molecule is N#Cc1ccc(N2CCC3(CCCN(c4ccccn4)C3)C2)nc1.O=C(O)C(F)(F)F. The topological polar surface area (TPSA) is 93.4 Å². The molecule has 0 aromatic carbocycles. The number of carbonyl (C=O) groups is 1. The van der Waals surface area contributed by atoms with Gasteiger partial charge in [0, 0.05) is 44.0 Å². The van der Waals surface area contributed by atoms with Crippen molar-refractivity contribution in [1.82, 2.24) is 9.97 Å². The molecule has 2 fully saturated rings. The van der Waals surface area contributed by atoms with Gasteiger partial charge in [0.25, 0.3) is 0 Å². The molecule has 1 N–H and O–H groups in total. The molecule has 2 aromatic rings. The van der Waals surface area contributed by atoms with Gasteiger partial charge in [-0.2, -0.15) is 18.4 Å². The Morgan fingerprint density at radius 1 is 1.06 bits per heavy atom. The van der Waals surface area contributed by atoms with Crippen LogP contribution in [0.15, 0.2) is 42.7 Å². The number of carboxylic acid groups (broad SMARTS) is 1. The third kappa shape index (κ3) is 5.63. The fourth-order valence-corrected chi connectivity index (χ4v) is 4.05. The van der Waals surface area contributed by atoms with E-state index >= 15 is 0 Å². The Balaban J connectivity index is 0.000000339. The first-order valence-corrected chi connectivity index (χ1v) is 9.80. The Hall–Kier alpha value is -3.35. The lowest BCUT2D eigenvalue weighted by atomic mass is 9.79. The summed E-state index contributed by atoms with van der Waals surface area (Å²) in [5.41, 5.74) is 0.942. The average Bonchev–Trinajstić information content (AvgIpc) is 3.17. The molecule has 0 aliphatic carbocycles.